The fourth-order valence-corrected chi connectivity index (χ4v) is 1.83. The standard InChI is InChI=1S/C9H21Si/c1-5-7(3)9(10)8(4)6-2/h7-9H,5-6,10H2,1-4H3. The van der Waals surface area contributed by atoms with E-state index in [2.05, 4.69) is 37.9 Å². The maximum atomic E-state index is 2.36. The van der Waals surface area contributed by atoms with Crippen LogP contribution < -0.4 is 0 Å². The molecule has 0 aromatic heterocycles. The first-order valence-corrected chi connectivity index (χ1v) is 5.28. The normalized spacial score (nSPS) is 20.1. The first kappa shape index (κ1) is 10.2. The Bertz CT molecular complexity index is 70.8. The van der Waals surface area contributed by atoms with Gasteiger partial charge in [-0.1, -0.05) is 40.5 Å². The molecule has 0 saturated carbocycles. The Balaban J connectivity index is 3.69. The van der Waals surface area contributed by atoms with Gasteiger partial charge in [-0.3, -0.25) is 0 Å². The first-order valence-electron chi connectivity index (χ1n) is 4.46. The lowest BCUT2D eigenvalue weighted by molar-refractivity contribution is 0.398. The van der Waals surface area contributed by atoms with Crippen LogP contribution in [0.5, 0.6) is 0 Å². The van der Waals surface area contributed by atoms with E-state index in [-0.39, 0.29) is 0 Å². The number of hydrogen-bond donors (Lipinski definition) is 0. The molecule has 0 aliphatic carbocycles. The third-order valence-electron chi connectivity index (χ3n) is 2.75. The molecule has 2 unspecified atom stereocenters. The maximum Gasteiger partial charge on any atom is 0.0128 e. The molecule has 0 aliphatic rings. The van der Waals surface area contributed by atoms with Crippen molar-refractivity contribution >= 4 is 10.2 Å². The second-order valence-corrected chi connectivity index (χ2v) is 4.38. The van der Waals surface area contributed by atoms with Gasteiger partial charge in [0.15, 0.2) is 0 Å². The van der Waals surface area contributed by atoms with Crippen molar-refractivity contribution in [2.24, 2.45) is 11.8 Å². The monoisotopic (exact) mass is 157 g/mol. The van der Waals surface area contributed by atoms with Crippen LogP contribution in [0.25, 0.3) is 0 Å². The van der Waals surface area contributed by atoms with Gasteiger partial charge in [-0.05, 0) is 17.4 Å². The van der Waals surface area contributed by atoms with E-state index in [0.717, 1.165) is 17.4 Å². The molecule has 0 amide bonds. The highest BCUT2D eigenvalue weighted by molar-refractivity contribution is 6.11. The Morgan fingerprint density at radius 2 is 1.30 bits per heavy atom. The van der Waals surface area contributed by atoms with E-state index in [9.17, 15) is 0 Å². The average molecular weight is 157 g/mol. The van der Waals surface area contributed by atoms with Crippen molar-refractivity contribution < 1.29 is 0 Å². The molecule has 61 valence electrons. The summed E-state index contributed by atoms with van der Waals surface area (Å²) < 4.78 is 0. The van der Waals surface area contributed by atoms with E-state index < -0.39 is 0 Å². The summed E-state index contributed by atoms with van der Waals surface area (Å²) in [4.78, 5) is 0. The minimum Gasteiger partial charge on any atom is -0.0651 e. The maximum absolute atomic E-state index is 2.36. The topological polar surface area (TPSA) is 0 Å². The van der Waals surface area contributed by atoms with Crippen molar-refractivity contribution in [2.75, 3.05) is 0 Å². The zero-order valence-electron chi connectivity index (χ0n) is 7.85. The van der Waals surface area contributed by atoms with Gasteiger partial charge >= 0.3 is 0 Å². The molecule has 0 bridgehead atoms. The predicted octanol–water partition coefficient (Wildman–Crippen LogP) is 2.50. The molecule has 10 heavy (non-hydrogen) atoms. The summed E-state index contributed by atoms with van der Waals surface area (Å²) in [5.74, 6) is 1.82. The van der Waals surface area contributed by atoms with Gasteiger partial charge in [0, 0.05) is 10.2 Å². The lowest BCUT2D eigenvalue weighted by Gasteiger charge is -2.23. The van der Waals surface area contributed by atoms with Crippen molar-refractivity contribution in [3.63, 3.8) is 0 Å². The molecule has 0 aromatic carbocycles. The van der Waals surface area contributed by atoms with Crippen LogP contribution in [0.3, 0.4) is 0 Å². The predicted molar refractivity (Wildman–Crippen MR) is 51.2 cm³/mol. The van der Waals surface area contributed by atoms with Gasteiger partial charge in [-0.25, -0.2) is 0 Å². The van der Waals surface area contributed by atoms with Crippen LogP contribution in [0, 0.1) is 11.8 Å². The SMILES string of the molecule is CCC(C)C([SiH2])C(C)CC. The van der Waals surface area contributed by atoms with Crippen molar-refractivity contribution in [3.05, 3.63) is 0 Å². The van der Waals surface area contributed by atoms with Gasteiger partial charge in [-0.15, -0.1) is 0 Å². The third-order valence-corrected chi connectivity index (χ3v) is 4.36. The quantitative estimate of drug-likeness (QED) is 0.550. The Kier molecular flexibility index (Phi) is 5.05. The fourth-order valence-electron chi connectivity index (χ4n) is 1.17. The van der Waals surface area contributed by atoms with Crippen molar-refractivity contribution in [3.8, 4) is 0 Å². The Hall–Kier alpha value is 0.217. The lowest BCUT2D eigenvalue weighted by Crippen LogP contribution is -2.12. The molecular formula is C9H21Si. The summed E-state index contributed by atoms with van der Waals surface area (Å²) in [6, 6.07) is 0. The fraction of sp³-hybridized carbons (Fsp3) is 1.00. The second kappa shape index (κ2) is 4.95. The van der Waals surface area contributed by atoms with Crippen LogP contribution in [0.1, 0.15) is 40.5 Å². The Morgan fingerprint density at radius 1 is 1.00 bits per heavy atom. The highest BCUT2D eigenvalue weighted by atomic mass is 28.1. The zero-order chi connectivity index (χ0) is 8.15. The smallest absolute Gasteiger partial charge is 0.0128 e. The summed E-state index contributed by atoms with van der Waals surface area (Å²) in [6.07, 6.45) is 2.66. The van der Waals surface area contributed by atoms with Gasteiger partial charge < -0.3 is 0 Å². The summed E-state index contributed by atoms with van der Waals surface area (Å²) in [6.45, 7) is 9.30. The van der Waals surface area contributed by atoms with Crippen molar-refractivity contribution in [1.82, 2.24) is 0 Å². The molecule has 0 spiro atoms. The minimum atomic E-state index is 0.910. The van der Waals surface area contributed by atoms with Crippen LogP contribution in [-0.2, 0) is 0 Å². The van der Waals surface area contributed by atoms with Gasteiger partial charge in [0.25, 0.3) is 0 Å². The van der Waals surface area contributed by atoms with Crippen LogP contribution in [0.4, 0.5) is 0 Å². The molecule has 1 radical (unpaired) electrons. The van der Waals surface area contributed by atoms with Crippen LogP contribution in [0.2, 0.25) is 5.54 Å². The first-order chi connectivity index (χ1) is 4.63. The largest absolute Gasteiger partial charge is 0.0651 e. The van der Waals surface area contributed by atoms with E-state index >= 15 is 0 Å². The van der Waals surface area contributed by atoms with Crippen LogP contribution in [-0.4, -0.2) is 10.2 Å². The van der Waals surface area contributed by atoms with Crippen LogP contribution in [0.15, 0.2) is 0 Å². The van der Waals surface area contributed by atoms with E-state index in [1.165, 1.54) is 12.8 Å². The zero-order valence-corrected chi connectivity index (χ0v) is 9.27. The van der Waals surface area contributed by atoms with E-state index in [0.29, 0.717) is 0 Å². The molecule has 0 saturated heterocycles. The highest BCUT2D eigenvalue weighted by Crippen LogP contribution is 2.27. The Morgan fingerprint density at radius 3 is 1.50 bits per heavy atom. The molecule has 0 aliphatic heterocycles. The molecule has 0 heterocycles. The Labute approximate surface area is 68.8 Å². The van der Waals surface area contributed by atoms with Crippen molar-refractivity contribution in [1.29, 1.82) is 0 Å². The van der Waals surface area contributed by atoms with E-state index in [1.807, 2.05) is 0 Å². The van der Waals surface area contributed by atoms with Crippen molar-refractivity contribution in [2.45, 2.75) is 46.1 Å². The summed E-state index contributed by atoms with van der Waals surface area (Å²) in [5, 5.41) is 0. The van der Waals surface area contributed by atoms with E-state index in [1.54, 1.807) is 0 Å². The molecule has 0 fully saturated rings. The minimum absolute atomic E-state index is 0.910. The molecular weight excluding hydrogens is 136 g/mol. The van der Waals surface area contributed by atoms with Gasteiger partial charge in [-0.2, -0.15) is 0 Å². The van der Waals surface area contributed by atoms with E-state index in [4.69, 9.17) is 0 Å². The summed E-state index contributed by atoms with van der Waals surface area (Å²) >= 11 is 0. The van der Waals surface area contributed by atoms with Crippen LogP contribution >= 0.6 is 0 Å². The lowest BCUT2D eigenvalue weighted by atomic mass is 9.93. The highest BCUT2D eigenvalue weighted by Gasteiger charge is 2.15. The third kappa shape index (κ3) is 2.87. The molecule has 0 N–H and O–H groups in total. The molecule has 0 rings (SSSR count). The summed E-state index contributed by atoms with van der Waals surface area (Å²) in [7, 11) is 2.18. The summed E-state index contributed by atoms with van der Waals surface area (Å²) in [5.41, 5.74) is 0.926. The number of rotatable bonds is 4. The van der Waals surface area contributed by atoms with Gasteiger partial charge in [0.1, 0.15) is 0 Å². The molecule has 0 nitrogen and oxygen atoms in total. The molecule has 1 heteroatoms. The average Bonchev–Trinajstić information content (AvgIpc) is 2.00. The second-order valence-electron chi connectivity index (χ2n) is 3.43. The van der Waals surface area contributed by atoms with Gasteiger partial charge in [0.2, 0.25) is 0 Å². The number of hydrogen-bond acceptors (Lipinski definition) is 0. The van der Waals surface area contributed by atoms with Gasteiger partial charge in [0.05, 0.1) is 0 Å². The molecule has 0 aromatic rings. The molecule has 2 atom stereocenters.